The fraction of sp³-hybridized carbons (Fsp3) is 0.500. The molecule has 2 aliphatic rings. The van der Waals surface area contributed by atoms with Gasteiger partial charge < -0.3 is 64.5 Å². The van der Waals surface area contributed by atoms with Crippen molar-refractivity contribution < 1.29 is 69.3 Å². The largest absolute Gasteiger partial charge is 0.462 e. The van der Waals surface area contributed by atoms with Gasteiger partial charge in [-0.2, -0.15) is 0 Å². The molecule has 0 saturated carbocycles. The maximum absolute atomic E-state index is 13.0. The second-order valence-corrected chi connectivity index (χ2v) is 9.31. The Hall–Kier alpha value is -2.89. The van der Waals surface area contributed by atoms with E-state index < -0.39 is 80.6 Å². The number of rotatable bonds is 9. The molecule has 0 unspecified atom stereocenters. The summed E-state index contributed by atoms with van der Waals surface area (Å²) in [4.78, 5) is 13.0. The fourth-order valence-corrected chi connectivity index (χ4v) is 4.28. The Morgan fingerprint density at radius 2 is 1.12 bits per heavy atom. The third kappa shape index (κ3) is 6.37. The molecule has 14 nitrogen and oxygen atoms in total. The molecule has 0 aromatic heterocycles. The highest BCUT2D eigenvalue weighted by atomic mass is 16.7. The molecule has 2 fully saturated rings. The first kappa shape index (κ1) is 30.1. The number of ether oxygens (including phenoxy) is 5. The second-order valence-electron chi connectivity index (χ2n) is 9.31. The van der Waals surface area contributed by atoms with Gasteiger partial charge in [0.2, 0.25) is 12.6 Å². The van der Waals surface area contributed by atoms with Crippen molar-refractivity contribution in [3.05, 3.63) is 59.7 Å². The molecule has 220 valence electrons. The van der Waals surface area contributed by atoms with Gasteiger partial charge in [-0.05, 0) is 18.2 Å². The second kappa shape index (κ2) is 13.2. The van der Waals surface area contributed by atoms with Gasteiger partial charge in [0.25, 0.3) is 0 Å². The lowest BCUT2D eigenvalue weighted by atomic mass is 9.99. The lowest BCUT2D eigenvalue weighted by Gasteiger charge is -2.39. The van der Waals surface area contributed by atoms with Crippen molar-refractivity contribution >= 4 is 5.97 Å². The average Bonchev–Trinajstić information content (AvgIpc) is 2.97. The predicted octanol–water partition coefficient (Wildman–Crippen LogP) is -2.60. The number of hydrogen-bond donors (Lipinski definition) is 8. The zero-order chi connectivity index (χ0) is 29.0. The monoisotopic (exact) mass is 568 g/mol. The van der Waals surface area contributed by atoms with Gasteiger partial charge in [0.05, 0.1) is 13.2 Å². The topological polar surface area (TPSA) is 225 Å². The molecule has 2 aromatic carbocycles. The van der Waals surface area contributed by atoms with Crippen LogP contribution in [0.25, 0.3) is 0 Å². The van der Waals surface area contributed by atoms with E-state index >= 15 is 0 Å². The number of aliphatic hydroxyl groups excluding tert-OH is 8. The van der Waals surface area contributed by atoms with Crippen molar-refractivity contribution in [1.82, 2.24) is 0 Å². The molecule has 0 spiro atoms. The zero-order valence-corrected chi connectivity index (χ0v) is 21.0. The van der Waals surface area contributed by atoms with Crippen LogP contribution in [0, 0.1) is 0 Å². The highest BCUT2D eigenvalue weighted by Crippen LogP contribution is 2.29. The lowest BCUT2D eigenvalue weighted by Crippen LogP contribution is -2.60. The molecule has 10 atom stereocenters. The zero-order valence-electron chi connectivity index (χ0n) is 21.0. The van der Waals surface area contributed by atoms with E-state index in [1.54, 1.807) is 24.3 Å². The molecule has 4 rings (SSSR count). The van der Waals surface area contributed by atoms with Crippen molar-refractivity contribution in [1.29, 1.82) is 0 Å². The molecule has 0 amide bonds. The van der Waals surface area contributed by atoms with Crippen molar-refractivity contribution in [3.63, 3.8) is 0 Å². The Labute approximate surface area is 228 Å². The normalized spacial score (nSPS) is 34.2. The first-order valence-electron chi connectivity index (χ1n) is 12.4. The number of carbonyl (C=O) groups excluding carboxylic acids is 1. The van der Waals surface area contributed by atoms with Gasteiger partial charge in [-0.1, -0.05) is 30.3 Å². The Morgan fingerprint density at radius 3 is 1.68 bits per heavy atom. The minimum Gasteiger partial charge on any atom is -0.462 e. The third-order valence-electron chi connectivity index (χ3n) is 6.62. The van der Waals surface area contributed by atoms with Gasteiger partial charge in [0, 0.05) is 5.56 Å². The van der Waals surface area contributed by atoms with Gasteiger partial charge in [0.1, 0.15) is 72.5 Å². The minimum atomic E-state index is -1.69. The Morgan fingerprint density at radius 1 is 0.650 bits per heavy atom. The van der Waals surface area contributed by atoms with Gasteiger partial charge in [-0.3, -0.25) is 0 Å². The molecule has 0 radical (unpaired) electrons. The molecule has 0 aliphatic carbocycles. The van der Waals surface area contributed by atoms with Crippen molar-refractivity contribution in [2.75, 3.05) is 13.2 Å². The van der Waals surface area contributed by atoms with Crippen LogP contribution in [0.5, 0.6) is 11.5 Å². The predicted molar refractivity (Wildman–Crippen MR) is 131 cm³/mol. The summed E-state index contributed by atoms with van der Waals surface area (Å²) in [5.41, 5.74) is 0.284. The number of benzene rings is 2. The number of para-hydroxylation sites is 2. The summed E-state index contributed by atoms with van der Waals surface area (Å²) < 4.78 is 27.4. The highest BCUT2D eigenvalue weighted by molar-refractivity contribution is 5.92. The fourth-order valence-electron chi connectivity index (χ4n) is 4.28. The van der Waals surface area contributed by atoms with E-state index in [1.165, 1.54) is 24.3 Å². The van der Waals surface area contributed by atoms with E-state index in [4.69, 9.17) is 23.7 Å². The summed E-state index contributed by atoms with van der Waals surface area (Å²) >= 11 is 0. The van der Waals surface area contributed by atoms with Crippen LogP contribution >= 0.6 is 0 Å². The number of hydrogen-bond acceptors (Lipinski definition) is 14. The van der Waals surface area contributed by atoms with Crippen molar-refractivity contribution in [3.8, 4) is 11.5 Å². The van der Waals surface area contributed by atoms with Crippen LogP contribution in [0.4, 0.5) is 0 Å². The van der Waals surface area contributed by atoms with Crippen LogP contribution in [0.15, 0.2) is 48.5 Å². The number of carbonyl (C=O) groups is 1. The van der Waals surface area contributed by atoms with E-state index in [9.17, 15) is 45.6 Å². The third-order valence-corrected chi connectivity index (χ3v) is 6.62. The van der Waals surface area contributed by atoms with Gasteiger partial charge in [0.15, 0.2) is 0 Å². The maximum Gasteiger partial charge on any atom is 0.342 e. The molecule has 2 aromatic rings. The van der Waals surface area contributed by atoms with Crippen LogP contribution in [0.3, 0.4) is 0 Å². The number of esters is 1. The molecule has 0 bridgehead atoms. The quantitative estimate of drug-likeness (QED) is 0.145. The minimum absolute atomic E-state index is 0.0632. The van der Waals surface area contributed by atoms with Gasteiger partial charge in [-0.25, -0.2) is 4.79 Å². The molecule has 8 N–H and O–H groups in total. The maximum atomic E-state index is 13.0. The smallest absolute Gasteiger partial charge is 0.342 e. The van der Waals surface area contributed by atoms with E-state index in [0.717, 1.165) is 0 Å². The molecule has 2 aliphatic heterocycles. The Bertz CT molecular complexity index is 1130. The van der Waals surface area contributed by atoms with Crippen LogP contribution in [-0.2, 0) is 20.8 Å². The van der Waals surface area contributed by atoms with E-state index in [1.807, 2.05) is 0 Å². The van der Waals surface area contributed by atoms with Gasteiger partial charge in [-0.15, -0.1) is 0 Å². The van der Waals surface area contributed by atoms with Crippen molar-refractivity contribution in [2.24, 2.45) is 0 Å². The number of aliphatic hydroxyl groups is 8. The summed E-state index contributed by atoms with van der Waals surface area (Å²) in [5.74, 6) is -0.781. The SMILES string of the molecule is O=C(OCc1ccccc1O[C@H]1O[C@@H](CO)[C@H](O)[C@@H](O)[C@@H]1O)c1ccccc1O[C@@H]1O[C@H](CO)[C@@H](O)[C@H](O)[C@H]1O. The first-order valence-corrected chi connectivity index (χ1v) is 12.4. The average molecular weight is 569 g/mol. The van der Waals surface area contributed by atoms with Gasteiger partial charge >= 0.3 is 5.97 Å². The summed E-state index contributed by atoms with van der Waals surface area (Å²) in [6, 6.07) is 12.2. The van der Waals surface area contributed by atoms with Crippen molar-refractivity contribution in [2.45, 2.75) is 68.0 Å². The Balaban J connectivity index is 1.44. The van der Waals surface area contributed by atoms with Crippen LogP contribution < -0.4 is 9.47 Å². The molecule has 14 heteroatoms. The van der Waals surface area contributed by atoms with Crippen LogP contribution in [0.1, 0.15) is 15.9 Å². The Kier molecular flexibility index (Phi) is 9.91. The standard InChI is InChI=1S/C26H32O14/c27-9-16-18(29)20(31)22(33)25(39-16)37-14-7-3-1-5-12(14)11-36-24(35)13-6-2-4-8-15(13)38-26-23(34)21(32)19(30)17(10-28)40-26/h1-8,16-23,25-34H,9-11H2/t16-,17+,18-,19+,20+,21-,22-,23+,25-,26+/m0/s1. The summed E-state index contributed by atoms with van der Waals surface area (Å²) in [6.07, 6.45) is -15.1. The van der Waals surface area contributed by atoms with E-state index in [-0.39, 0.29) is 23.7 Å². The molecule has 2 heterocycles. The molecule has 40 heavy (non-hydrogen) atoms. The summed E-state index contributed by atoms with van der Waals surface area (Å²) in [6.45, 7) is -1.60. The first-order chi connectivity index (χ1) is 19.2. The van der Waals surface area contributed by atoms with Crippen LogP contribution in [0.2, 0.25) is 0 Å². The van der Waals surface area contributed by atoms with E-state index in [0.29, 0.717) is 5.56 Å². The molecular formula is C26H32O14. The molecule has 2 saturated heterocycles. The van der Waals surface area contributed by atoms with Crippen LogP contribution in [-0.4, -0.2) is 121 Å². The summed E-state index contributed by atoms with van der Waals surface area (Å²) in [5, 5.41) is 79.3. The van der Waals surface area contributed by atoms with E-state index in [2.05, 4.69) is 0 Å². The highest BCUT2D eigenvalue weighted by Gasteiger charge is 2.46. The molecular weight excluding hydrogens is 536 g/mol. The summed E-state index contributed by atoms with van der Waals surface area (Å²) in [7, 11) is 0. The lowest BCUT2D eigenvalue weighted by molar-refractivity contribution is -0.277.